The van der Waals surface area contributed by atoms with E-state index in [1.165, 1.54) is 36.3 Å². The second-order valence-electron chi connectivity index (χ2n) is 3.62. The SMILES string of the molecule is CC(=O)c1sc(NC(=O)CSc2ncn[nH]2)nc1C. The van der Waals surface area contributed by atoms with Crippen LogP contribution in [0.15, 0.2) is 11.5 Å². The lowest BCUT2D eigenvalue weighted by molar-refractivity contribution is -0.113. The van der Waals surface area contributed by atoms with Crippen LogP contribution in [-0.2, 0) is 4.79 Å². The van der Waals surface area contributed by atoms with E-state index in [0.717, 1.165) is 0 Å². The van der Waals surface area contributed by atoms with E-state index in [2.05, 4.69) is 25.5 Å². The summed E-state index contributed by atoms with van der Waals surface area (Å²) in [6, 6.07) is 0. The van der Waals surface area contributed by atoms with Gasteiger partial charge in [0.1, 0.15) is 6.33 Å². The highest BCUT2D eigenvalue weighted by Gasteiger charge is 2.13. The molecule has 0 unspecified atom stereocenters. The minimum Gasteiger partial charge on any atom is -0.301 e. The van der Waals surface area contributed by atoms with Crippen molar-refractivity contribution in [2.45, 2.75) is 19.0 Å². The van der Waals surface area contributed by atoms with Crippen molar-refractivity contribution in [3.05, 3.63) is 16.9 Å². The van der Waals surface area contributed by atoms with Gasteiger partial charge >= 0.3 is 0 Å². The fourth-order valence-corrected chi connectivity index (χ4v) is 2.79. The van der Waals surface area contributed by atoms with Crippen molar-refractivity contribution >= 4 is 39.9 Å². The molecule has 0 aliphatic rings. The van der Waals surface area contributed by atoms with Gasteiger partial charge < -0.3 is 5.32 Å². The monoisotopic (exact) mass is 297 g/mol. The second kappa shape index (κ2) is 5.93. The second-order valence-corrected chi connectivity index (χ2v) is 5.58. The van der Waals surface area contributed by atoms with E-state index in [-0.39, 0.29) is 17.4 Å². The van der Waals surface area contributed by atoms with Crippen molar-refractivity contribution in [2.24, 2.45) is 0 Å². The van der Waals surface area contributed by atoms with Gasteiger partial charge in [-0.2, -0.15) is 5.10 Å². The third-order valence-electron chi connectivity index (χ3n) is 2.10. The first kappa shape index (κ1) is 13.7. The number of aromatic amines is 1. The van der Waals surface area contributed by atoms with Crippen LogP contribution in [0, 0.1) is 6.92 Å². The van der Waals surface area contributed by atoms with Gasteiger partial charge in [0.25, 0.3) is 0 Å². The summed E-state index contributed by atoms with van der Waals surface area (Å²) in [4.78, 5) is 31.6. The molecule has 0 atom stereocenters. The highest BCUT2D eigenvalue weighted by atomic mass is 32.2. The molecule has 100 valence electrons. The van der Waals surface area contributed by atoms with Crippen LogP contribution < -0.4 is 5.32 Å². The van der Waals surface area contributed by atoms with Gasteiger partial charge in [-0.05, 0) is 6.92 Å². The van der Waals surface area contributed by atoms with Crippen LogP contribution >= 0.6 is 23.1 Å². The fourth-order valence-electron chi connectivity index (χ4n) is 1.33. The number of anilines is 1. The molecule has 0 aromatic carbocycles. The number of hydrogen-bond donors (Lipinski definition) is 2. The Bertz CT molecular complexity index is 593. The normalized spacial score (nSPS) is 10.4. The quantitative estimate of drug-likeness (QED) is 0.641. The summed E-state index contributed by atoms with van der Waals surface area (Å²) >= 11 is 2.42. The molecule has 9 heteroatoms. The number of carbonyl (C=O) groups excluding carboxylic acids is 2. The summed E-state index contributed by atoms with van der Waals surface area (Å²) < 4.78 is 0. The summed E-state index contributed by atoms with van der Waals surface area (Å²) in [7, 11) is 0. The average molecular weight is 297 g/mol. The van der Waals surface area contributed by atoms with Crippen molar-refractivity contribution in [3.8, 4) is 0 Å². The van der Waals surface area contributed by atoms with E-state index < -0.39 is 0 Å². The predicted octanol–water partition coefficient (Wildman–Crippen LogP) is 1.50. The summed E-state index contributed by atoms with van der Waals surface area (Å²) in [5, 5.41) is 10.00. The zero-order valence-electron chi connectivity index (χ0n) is 10.3. The summed E-state index contributed by atoms with van der Waals surface area (Å²) in [5.74, 6) is -0.0553. The van der Waals surface area contributed by atoms with Crippen molar-refractivity contribution in [3.63, 3.8) is 0 Å². The molecule has 2 heterocycles. The highest BCUT2D eigenvalue weighted by Crippen LogP contribution is 2.23. The van der Waals surface area contributed by atoms with Crippen molar-refractivity contribution < 1.29 is 9.59 Å². The molecule has 2 aromatic rings. The van der Waals surface area contributed by atoms with E-state index >= 15 is 0 Å². The maximum Gasteiger partial charge on any atom is 0.236 e. The zero-order valence-corrected chi connectivity index (χ0v) is 11.9. The number of ketones is 1. The molecule has 0 saturated heterocycles. The number of rotatable bonds is 5. The molecule has 0 aliphatic heterocycles. The van der Waals surface area contributed by atoms with Crippen LogP contribution in [-0.4, -0.2) is 37.6 Å². The average Bonchev–Trinajstić information content (AvgIpc) is 2.96. The van der Waals surface area contributed by atoms with E-state index in [9.17, 15) is 9.59 Å². The maximum atomic E-state index is 11.7. The molecule has 0 radical (unpaired) electrons. The van der Waals surface area contributed by atoms with Crippen molar-refractivity contribution in [1.29, 1.82) is 0 Å². The molecule has 2 N–H and O–H groups in total. The number of H-pyrrole nitrogens is 1. The number of hydrogen-bond acceptors (Lipinski definition) is 7. The summed E-state index contributed by atoms with van der Waals surface area (Å²) in [6.45, 7) is 3.22. The summed E-state index contributed by atoms with van der Waals surface area (Å²) in [6.07, 6.45) is 1.38. The number of aromatic nitrogens is 4. The molecule has 0 bridgehead atoms. The van der Waals surface area contributed by atoms with Gasteiger partial charge in [-0.3, -0.25) is 14.7 Å². The van der Waals surface area contributed by atoms with E-state index in [1.54, 1.807) is 6.92 Å². The molecule has 2 rings (SSSR count). The number of amides is 1. The third-order valence-corrected chi connectivity index (χ3v) is 4.15. The Labute approximate surface area is 117 Å². The summed E-state index contributed by atoms with van der Waals surface area (Å²) in [5.41, 5.74) is 0.635. The van der Waals surface area contributed by atoms with E-state index in [4.69, 9.17) is 0 Å². The first-order chi connectivity index (χ1) is 9.06. The molecule has 0 aliphatic carbocycles. The Morgan fingerprint density at radius 3 is 2.89 bits per heavy atom. The Morgan fingerprint density at radius 2 is 2.32 bits per heavy atom. The van der Waals surface area contributed by atoms with Gasteiger partial charge in [-0.25, -0.2) is 9.97 Å². The maximum absolute atomic E-state index is 11.7. The van der Waals surface area contributed by atoms with Gasteiger partial charge in [0.2, 0.25) is 5.91 Å². The third kappa shape index (κ3) is 3.61. The fraction of sp³-hybridized carbons (Fsp3) is 0.300. The lowest BCUT2D eigenvalue weighted by Gasteiger charge is -1.99. The van der Waals surface area contributed by atoms with Gasteiger partial charge in [-0.15, -0.1) is 0 Å². The molecule has 0 spiro atoms. The van der Waals surface area contributed by atoms with Crippen LogP contribution in [0.2, 0.25) is 0 Å². The molecule has 1 amide bonds. The van der Waals surface area contributed by atoms with Crippen molar-refractivity contribution in [1.82, 2.24) is 20.2 Å². The van der Waals surface area contributed by atoms with Crippen LogP contribution in [0.1, 0.15) is 22.3 Å². The number of aryl methyl sites for hydroxylation is 1. The van der Waals surface area contributed by atoms with E-state index in [1.807, 2.05) is 0 Å². The van der Waals surface area contributed by atoms with Gasteiger partial charge in [-0.1, -0.05) is 23.1 Å². The smallest absolute Gasteiger partial charge is 0.236 e. The Balaban J connectivity index is 1.91. The zero-order chi connectivity index (χ0) is 13.8. The Kier molecular flexibility index (Phi) is 4.27. The van der Waals surface area contributed by atoms with Crippen LogP contribution in [0.4, 0.5) is 5.13 Å². The minimum atomic E-state index is -0.203. The highest BCUT2D eigenvalue weighted by molar-refractivity contribution is 7.99. The molecular formula is C10H11N5O2S2. The number of carbonyl (C=O) groups is 2. The van der Waals surface area contributed by atoms with Gasteiger partial charge in [0.05, 0.1) is 16.3 Å². The van der Waals surface area contributed by atoms with Gasteiger partial charge in [0, 0.05) is 6.92 Å². The number of thiazole rings is 1. The minimum absolute atomic E-state index is 0.0495. The van der Waals surface area contributed by atoms with E-state index in [0.29, 0.717) is 20.9 Å². The van der Waals surface area contributed by atoms with Crippen molar-refractivity contribution in [2.75, 3.05) is 11.1 Å². The predicted molar refractivity (Wildman–Crippen MR) is 72.6 cm³/mol. The largest absolute Gasteiger partial charge is 0.301 e. The molecule has 0 saturated carbocycles. The number of Topliss-reactive ketones (excluding diaryl/α,β-unsaturated/α-hetero) is 1. The van der Waals surface area contributed by atoms with Gasteiger partial charge in [0.15, 0.2) is 16.1 Å². The molecular weight excluding hydrogens is 286 g/mol. The lowest BCUT2D eigenvalue weighted by atomic mass is 10.3. The number of thioether (sulfide) groups is 1. The standard InChI is InChI=1S/C10H11N5O2S2/c1-5-8(6(2)16)19-10(13-5)14-7(17)3-18-9-11-4-12-15-9/h4H,3H2,1-2H3,(H,11,12,15)(H,13,14,17). The van der Waals surface area contributed by atoms with Crippen LogP contribution in [0.3, 0.4) is 0 Å². The molecule has 0 fully saturated rings. The number of nitrogens with one attached hydrogen (secondary N) is 2. The lowest BCUT2D eigenvalue weighted by Crippen LogP contribution is -2.13. The number of nitrogens with zero attached hydrogens (tertiary/aromatic N) is 3. The topological polar surface area (TPSA) is 101 Å². The molecule has 2 aromatic heterocycles. The van der Waals surface area contributed by atoms with Crippen LogP contribution in [0.5, 0.6) is 0 Å². The first-order valence-electron chi connectivity index (χ1n) is 5.32. The Morgan fingerprint density at radius 1 is 1.53 bits per heavy atom. The Hall–Kier alpha value is -1.74. The van der Waals surface area contributed by atoms with Crippen LogP contribution in [0.25, 0.3) is 0 Å². The molecule has 19 heavy (non-hydrogen) atoms. The molecule has 7 nitrogen and oxygen atoms in total. The first-order valence-corrected chi connectivity index (χ1v) is 7.13.